The number of ether oxygens (including phenoxy) is 2. The van der Waals surface area contributed by atoms with E-state index in [9.17, 15) is 9.59 Å². The van der Waals surface area contributed by atoms with Crippen LogP contribution >= 0.6 is 0 Å². The summed E-state index contributed by atoms with van der Waals surface area (Å²) in [4.78, 5) is 29.0. The van der Waals surface area contributed by atoms with Gasteiger partial charge in [-0.3, -0.25) is 9.69 Å². The molecule has 36 heavy (non-hydrogen) atoms. The van der Waals surface area contributed by atoms with E-state index in [0.717, 1.165) is 27.9 Å². The second-order valence-corrected chi connectivity index (χ2v) is 9.55. The lowest BCUT2D eigenvalue weighted by Gasteiger charge is -2.54. The lowest BCUT2D eigenvalue weighted by Crippen LogP contribution is -2.71. The van der Waals surface area contributed by atoms with Gasteiger partial charge in [-0.05, 0) is 51.0 Å². The lowest BCUT2D eigenvalue weighted by atomic mass is 9.78. The number of nitrogens with one attached hydrogen (secondary N) is 2. The standard InChI is InChI=1S/C29H31N3O4/c1-5-35-23-13-9-12-21-25-24(27(33)30-22-15-14-18(2)16-19(22)3)29(4,36-26(21)23)32(28(34)31-25)17-20-10-7-6-8-11-20/h6-16,24-25H,5,17H2,1-4H3,(H,30,33)(H,31,34). The molecular formula is C29H31N3O4. The maximum Gasteiger partial charge on any atom is 0.321 e. The Morgan fingerprint density at radius 2 is 1.89 bits per heavy atom. The summed E-state index contributed by atoms with van der Waals surface area (Å²) in [7, 11) is 0. The first-order valence-corrected chi connectivity index (χ1v) is 12.3. The first-order valence-electron chi connectivity index (χ1n) is 12.3. The zero-order valence-electron chi connectivity index (χ0n) is 21.0. The lowest BCUT2D eigenvalue weighted by molar-refractivity contribution is -0.156. The van der Waals surface area contributed by atoms with Crippen LogP contribution in [0.15, 0.2) is 66.7 Å². The number of carbonyl (C=O) groups excluding carboxylic acids is 2. The molecular weight excluding hydrogens is 454 g/mol. The number of benzene rings is 3. The summed E-state index contributed by atoms with van der Waals surface area (Å²) in [6.07, 6.45) is 0. The maximum atomic E-state index is 13.9. The van der Waals surface area contributed by atoms with Crippen LogP contribution in [0.4, 0.5) is 10.5 Å². The SMILES string of the molecule is CCOc1cccc2c1OC1(C)C(C(=O)Nc3ccc(C)cc3C)C2NC(=O)N1Cc1ccccc1. The third-order valence-corrected chi connectivity index (χ3v) is 7.03. The number of anilines is 1. The van der Waals surface area contributed by atoms with Gasteiger partial charge in [-0.1, -0.05) is 60.2 Å². The molecule has 7 heteroatoms. The Balaban J connectivity index is 1.59. The van der Waals surface area contributed by atoms with Crippen molar-refractivity contribution in [2.75, 3.05) is 11.9 Å². The molecule has 186 valence electrons. The fourth-order valence-corrected chi connectivity index (χ4v) is 5.27. The Morgan fingerprint density at radius 1 is 1.11 bits per heavy atom. The smallest absolute Gasteiger partial charge is 0.321 e. The van der Waals surface area contributed by atoms with E-state index in [-0.39, 0.29) is 18.5 Å². The number of urea groups is 1. The Kier molecular flexibility index (Phi) is 6.08. The molecule has 2 aliphatic rings. The van der Waals surface area contributed by atoms with Crippen molar-refractivity contribution in [2.45, 2.75) is 46.0 Å². The molecule has 5 rings (SSSR count). The molecule has 2 heterocycles. The molecule has 0 aliphatic carbocycles. The quantitative estimate of drug-likeness (QED) is 0.495. The Labute approximate surface area is 211 Å². The van der Waals surface area contributed by atoms with E-state index < -0.39 is 17.7 Å². The van der Waals surface area contributed by atoms with E-state index in [2.05, 4.69) is 10.6 Å². The monoisotopic (exact) mass is 485 g/mol. The van der Waals surface area contributed by atoms with Crippen LogP contribution in [-0.2, 0) is 11.3 Å². The molecule has 3 atom stereocenters. The van der Waals surface area contributed by atoms with Crippen LogP contribution < -0.4 is 20.1 Å². The van der Waals surface area contributed by atoms with E-state index in [1.165, 1.54) is 0 Å². The predicted molar refractivity (Wildman–Crippen MR) is 138 cm³/mol. The van der Waals surface area contributed by atoms with Crippen LogP contribution in [0, 0.1) is 19.8 Å². The number of amides is 3. The van der Waals surface area contributed by atoms with Gasteiger partial charge in [0.05, 0.1) is 19.2 Å². The number of para-hydroxylation sites is 1. The van der Waals surface area contributed by atoms with Crippen LogP contribution in [0.2, 0.25) is 0 Å². The van der Waals surface area contributed by atoms with Gasteiger partial charge in [-0.25, -0.2) is 4.79 Å². The molecule has 3 aromatic rings. The highest BCUT2D eigenvalue weighted by Crippen LogP contribution is 2.52. The average molecular weight is 486 g/mol. The third kappa shape index (κ3) is 4.04. The molecule has 1 fully saturated rings. The zero-order valence-corrected chi connectivity index (χ0v) is 21.0. The zero-order chi connectivity index (χ0) is 25.4. The highest BCUT2D eigenvalue weighted by molar-refractivity contribution is 5.96. The van der Waals surface area contributed by atoms with Crippen molar-refractivity contribution in [3.8, 4) is 11.5 Å². The van der Waals surface area contributed by atoms with Crippen molar-refractivity contribution in [1.29, 1.82) is 0 Å². The van der Waals surface area contributed by atoms with Gasteiger partial charge in [0.1, 0.15) is 5.92 Å². The van der Waals surface area contributed by atoms with E-state index in [0.29, 0.717) is 18.1 Å². The van der Waals surface area contributed by atoms with Crippen molar-refractivity contribution in [1.82, 2.24) is 10.2 Å². The number of aryl methyl sites for hydroxylation is 2. The summed E-state index contributed by atoms with van der Waals surface area (Å²) in [6.45, 7) is 8.47. The van der Waals surface area contributed by atoms with Gasteiger partial charge in [0.25, 0.3) is 0 Å². The van der Waals surface area contributed by atoms with Gasteiger partial charge < -0.3 is 20.1 Å². The number of fused-ring (bicyclic) bond motifs is 4. The minimum atomic E-state index is -1.26. The summed E-state index contributed by atoms with van der Waals surface area (Å²) >= 11 is 0. The normalized spacial score (nSPS) is 22.2. The largest absolute Gasteiger partial charge is 0.490 e. The van der Waals surface area contributed by atoms with Crippen LogP contribution in [0.3, 0.4) is 0 Å². The van der Waals surface area contributed by atoms with Crippen molar-refractivity contribution in [3.63, 3.8) is 0 Å². The fraction of sp³-hybridized carbons (Fsp3) is 0.310. The summed E-state index contributed by atoms with van der Waals surface area (Å²) < 4.78 is 12.5. The molecule has 0 radical (unpaired) electrons. The van der Waals surface area contributed by atoms with Gasteiger partial charge >= 0.3 is 6.03 Å². The second kappa shape index (κ2) is 9.22. The first-order chi connectivity index (χ1) is 17.3. The Hall–Kier alpha value is -4.00. The van der Waals surface area contributed by atoms with Gasteiger partial charge in [-0.2, -0.15) is 0 Å². The number of nitrogens with zero attached hydrogens (tertiary/aromatic N) is 1. The van der Waals surface area contributed by atoms with E-state index in [1.807, 2.05) is 94.4 Å². The highest BCUT2D eigenvalue weighted by atomic mass is 16.5. The van der Waals surface area contributed by atoms with Crippen LogP contribution in [0.1, 0.15) is 42.1 Å². The van der Waals surface area contributed by atoms with Gasteiger partial charge in [0, 0.05) is 11.3 Å². The molecule has 3 aromatic carbocycles. The van der Waals surface area contributed by atoms with Crippen LogP contribution in [0.25, 0.3) is 0 Å². The molecule has 7 nitrogen and oxygen atoms in total. The maximum absolute atomic E-state index is 13.9. The molecule has 2 aliphatic heterocycles. The minimum Gasteiger partial charge on any atom is -0.490 e. The van der Waals surface area contributed by atoms with Gasteiger partial charge in [0.2, 0.25) is 5.91 Å². The number of hydrogen-bond acceptors (Lipinski definition) is 4. The second-order valence-electron chi connectivity index (χ2n) is 9.55. The molecule has 2 N–H and O–H groups in total. The van der Waals surface area contributed by atoms with Crippen LogP contribution in [0.5, 0.6) is 11.5 Å². The third-order valence-electron chi connectivity index (χ3n) is 7.03. The van der Waals surface area contributed by atoms with Crippen molar-refractivity contribution < 1.29 is 19.1 Å². The summed E-state index contributed by atoms with van der Waals surface area (Å²) in [5.74, 6) is 0.208. The summed E-state index contributed by atoms with van der Waals surface area (Å²) in [6, 6.07) is 20.3. The van der Waals surface area contributed by atoms with E-state index in [4.69, 9.17) is 9.47 Å². The summed E-state index contributed by atoms with van der Waals surface area (Å²) in [5.41, 5.74) is 3.24. The average Bonchev–Trinajstić information content (AvgIpc) is 2.85. The predicted octanol–water partition coefficient (Wildman–Crippen LogP) is 5.33. The fourth-order valence-electron chi connectivity index (χ4n) is 5.27. The van der Waals surface area contributed by atoms with E-state index >= 15 is 0 Å². The van der Waals surface area contributed by atoms with Crippen LogP contribution in [-0.4, -0.2) is 29.2 Å². The Bertz CT molecular complexity index is 1310. The molecule has 0 aromatic heterocycles. The van der Waals surface area contributed by atoms with Gasteiger partial charge in [-0.15, -0.1) is 0 Å². The molecule has 2 bridgehead atoms. The molecule has 3 amide bonds. The number of carbonyl (C=O) groups is 2. The molecule has 0 spiro atoms. The Morgan fingerprint density at radius 3 is 2.61 bits per heavy atom. The van der Waals surface area contributed by atoms with Crippen molar-refractivity contribution >= 4 is 17.6 Å². The van der Waals surface area contributed by atoms with E-state index in [1.54, 1.807) is 4.90 Å². The number of rotatable bonds is 6. The molecule has 0 saturated carbocycles. The topological polar surface area (TPSA) is 79.9 Å². The summed E-state index contributed by atoms with van der Waals surface area (Å²) in [5, 5.41) is 6.20. The number of hydrogen-bond donors (Lipinski definition) is 2. The van der Waals surface area contributed by atoms with Crippen molar-refractivity contribution in [2.24, 2.45) is 5.92 Å². The minimum absolute atomic E-state index is 0.222. The first kappa shape index (κ1) is 23.7. The molecule has 1 saturated heterocycles. The van der Waals surface area contributed by atoms with Gasteiger partial charge in [0.15, 0.2) is 17.2 Å². The highest BCUT2D eigenvalue weighted by Gasteiger charge is 2.60. The molecule has 3 unspecified atom stereocenters. The van der Waals surface area contributed by atoms with Crippen molar-refractivity contribution in [3.05, 3.63) is 89.0 Å².